The number of nitrogens with zero attached hydrogens (tertiary/aromatic N) is 2. The van der Waals surface area contributed by atoms with Crippen molar-refractivity contribution in [3.05, 3.63) is 118 Å². The highest BCUT2D eigenvalue weighted by Gasteiger charge is 2.48. The first-order chi connectivity index (χ1) is 18.9. The molecule has 1 aliphatic rings. The molecule has 5 rings (SSSR count). The largest absolute Gasteiger partial charge is 0.507 e. The van der Waals surface area contributed by atoms with Crippen LogP contribution in [0.25, 0.3) is 5.76 Å². The highest BCUT2D eigenvalue weighted by molar-refractivity contribution is 7.17. The van der Waals surface area contributed by atoms with Crippen LogP contribution in [-0.4, -0.2) is 34.9 Å². The Morgan fingerprint density at radius 2 is 1.69 bits per heavy atom. The lowest BCUT2D eigenvalue weighted by Gasteiger charge is -2.23. The van der Waals surface area contributed by atoms with Crippen molar-refractivity contribution < 1.29 is 29.0 Å². The molecule has 0 radical (unpaired) electrons. The van der Waals surface area contributed by atoms with Crippen LogP contribution < -0.4 is 9.64 Å². The number of ether oxygens (including phenoxy) is 2. The number of aryl methyl sites for hydroxylation is 1. The molecule has 1 aliphatic heterocycles. The zero-order valence-corrected chi connectivity index (χ0v) is 22.0. The number of anilines is 1. The van der Waals surface area contributed by atoms with Crippen molar-refractivity contribution in [2.45, 2.75) is 19.6 Å². The third-order valence-corrected chi connectivity index (χ3v) is 7.41. The van der Waals surface area contributed by atoms with Gasteiger partial charge in [0.15, 0.2) is 5.13 Å². The number of amides is 1. The molecule has 1 unspecified atom stereocenters. The number of Topliss-reactive ketones (excluding diaryl/α,β-unsaturated/α-hetero) is 1. The topological polar surface area (TPSA) is 106 Å². The molecule has 1 atom stereocenters. The van der Waals surface area contributed by atoms with Crippen molar-refractivity contribution in [1.29, 1.82) is 0 Å². The maximum Gasteiger partial charge on any atom is 0.350 e. The Labute approximate surface area is 228 Å². The zero-order chi connectivity index (χ0) is 27.5. The molecular weight excluding hydrogens is 516 g/mol. The van der Waals surface area contributed by atoms with E-state index in [4.69, 9.17) is 9.47 Å². The van der Waals surface area contributed by atoms with Gasteiger partial charge in [0.25, 0.3) is 5.78 Å². The summed E-state index contributed by atoms with van der Waals surface area (Å²) < 4.78 is 10.8. The predicted octanol–water partition coefficient (Wildman–Crippen LogP) is 5.44. The summed E-state index contributed by atoms with van der Waals surface area (Å²) in [5.41, 5.74) is 2.18. The minimum Gasteiger partial charge on any atom is -0.507 e. The summed E-state index contributed by atoms with van der Waals surface area (Å²) >= 11 is 0.947. The van der Waals surface area contributed by atoms with Crippen LogP contribution in [0.1, 0.15) is 38.1 Å². The van der Waals surface area contributed by atoms with Crippen molar-refractivity contribution in [2.75, 3.05) is 12.0 Å². The van der Waals surface area contributed by atoms with E-state index >= 15 is 0 Å². The van der Waals surface area contributed by atoms with Gasteiger partial charge in [0, 0.05) is 5.56 Å². The van der Waals surface area contributed by atoms with Crippen LogP contribution in [0.3, 0.4) is 0 Å². The molecule has 1 aromatic heterocycles. The molecule has 9 heteroatoms. The number of hydrogen-bond donors (Lipinski definition) is 1. The van der Waals surface area contributed by atoms with E-state index in [0.29, 0.717) is 29.2 Å². The number of hydrogen-bond acceptors (Lipinski definition) is 8. The van der Waals surface area contributed by atoms with Crippen LogP contribution in [0, 0.1) is 6.92 Å². The summed E-state index contributed by atoms with van der Waals surface area (Å²) in [6, 6.07) is 24.2. The number of benzene rings is 3. The summed E-state index contributed by atoms with van der Waals surface area (Å²) in [7, 11) is 1.26. The minimum atomic E-state index is -1.01. The minimum absolute atomic E-state index is 0.0844. The second kappa shape index (κ2) is 10.9. The molecule has 1 amide bonds. The Bertz CT molecular complexity index is 1580. The van der Waals surface area contributed by atoms with E-state index in [-0.39, 0.29) is 21.3 Å². The van der Waals surface area contributed by atoms with Crippen molar-refractivity contribution in [3.63, 3.8) is 0 Å². The first-order valence-corrected chi connectivity index (χ1v) is 12.9. The lowest BCUT2D eigenvalue weighted by atomic mass is 9.95. The summed E-state index contributed by atoms with van der Waals surface area (Å²) in [6.07, 6.45) is 0. The Balaban J connectivity index is 1.62. The molecule has 196 valence electrons. The van der Waals surface area contributed by atoms with Crippen LogP contribution in [0.2, 0.25) is 0 Å². The molecule has 0 aliphatic carbocycles. The fourth-order valence-electron chi connectivity index (χ4n) is 4.38. The van der Waals surface area contributed by atoms with Crippen molar-refractivity contribution in [2.24, 2.45) is 0 Å². The summed E-state index contributed by atoms with van der Waals surface area (Å²) in [5.74, 6) is -2.10. The smallest absolute Gasteiger partial charge is 0.350 e. The van der Waals surface area contributed by atoms with Gasteiger partial charge in [0.05, 0.1) is 24.4 Å². The van der Waals surface area contributed by atoms with Gasteiger partial charge < -0.3 is 14.6 Å². The van der Waals surface area contributed by atoms with Crippen LogP contribution >= 0.6 is 11.3 Å². The van der Waals surface area contributed by atoms with Crippen molar-refractivity contribution in [3.8, 4) is 5.75 Å². The average molecular weight is 541 g/mol. The Kier molecular flexibility index (Phi) is 7.25. The lowest BCUT2D eigenvalue weighted by molar-refractivity contribution is -0.132. The number of aliphatic hydroxyl groups is 1. The van der Waals surface area contributed by atoms with Crippen molar-refractivity contribution in [1.82, 2.24) is 4.98 Å². The van der Waals surface area contributed by atoms with E-state index in [9.17, 15) is 19.5 Å². The standard InChI is InChI=1S/C30H24N2O6S/c1-18-27(29(36)37-2)39-30(31-18)32-24(23(26(34)28(32)35)25(33)20-12-7-4-8-13-20)21-14-9-15-22(16-21)38-17-19-10-5-3-6-11-19/h3-16,24,33H,17H2,1-2H3/b25-23+. The molecule has 1 N–H and O–H groups in total. The van der Waals surface area contributed by atoms with Crippen LogP contribution in [-0.2, 0) is 20.9 Å². The van der Waals surface area contributed by atoms with E-state index in [1.54, 1.807) is 61.5 Å². The van der Waals surface area contributed by atoms with E-state index in [1.807, 2.05) is 30.3 Å². The second-order valence-electron chi connectivity index (χ2n) is 8.78. The third kappa shape index (κ3) is 5.04. The fraction of sp³-hybridized carbons (Fsp3) is 0.133. The number of rotatable bonds is 7. The fourth-order valence-corrected chi connectivity index (χ4v) is 5.39. The average Bonchev–Trinajstić information content (AvgIpc) is 3.48. The summed E-state index contributed by atoms with van der Waals surface area (Å²) in [6.45, 7) is 1.95. The van der Waals surface area contributed by atoms with Gasteiger partial charge in [-0.3, -0.25) is 14.5 Å². The van der Waals surface area contributed by atoms with E-state index in [1.165, 1.54) is 12.0 Å². The van der Waals surface area contributed by atoms with Gasteiger partial charge in [-0.2, -0.15) is 0 Å². The first kappa shape index (κ1) is 25.9. The molecular formula is C30H24N2O6S. The van der Waals surface area contributed by atoms with Crippen LogP contribution in [0.5, 0.6) is 5.75 Å². The Hall–Kier alpha value is -4.76. The van der Waals surface area contributed by atoms with E-state index < -0.39 is 23.7 Å². The predicted molar refractivity (Wildman–Crippen MR) is 147 cm³/mol. The molecule has 1 saturated heterocycles. The van der Waals surface area contributed by atoms with Gasteiger partial charge in [-0.15, -0.1) is 0 Å². The maximum atomic E-state index is 13.4. The molecule has 0 spiro atoms. The first-order valence-electron chi connectivity index (χ1n) is 12.1. The molecule has 3 aromatic carbocycles. The SMILES string of the molecule is COC(=O)c1sc(N2C(=O)C(=O)/C(=C(/O)c3ccccc3)C2c2cccc(OCc3ccccc3)c2)nc1C. The third-order valence-electron chi connectivity index (χ3n) is 6.28. The lowest BCUT2D eigenvalue weighted by Crippen LogP contribution is -2.29. The number of thiazole rings is 1. The van der Waals surface area contributed by atoms with Gasteiger partial charge in [-0.05, 0) is 30.2 Å². The number of carbonyl (C=O) groups excluding carboxylic acids is 3. The molecule has 39 heavy (non-hydrogen) atoms. The van der Waals surface area contributed by atoms with Crippen LogP contribution in [0.4, 0.5) is 5.13 Å². The van der Waals surface area contributed by atoms with Gasteiger partial charge >= 0.3 is 11.9 Å². The molecule has 1 fully saturated rings. The monoisotopic (exact) mass is 540 g/mol. The normalized spacial score (nSPS) is 16.4. The van der Waals surface area contributed by atoms with Gasteiger partial charge in [-0.25, -0.2) is 9.78 Å². The quantitative estimate of drug-likeness (QED) is 0.144. The highest BCUT2D eigenvalue weighted by atomic mass is 32.1. The molecule has 0 bridgehead atoms. The van der Waals surface area contributed by atoms with E-state index in [0.717, 1.165) is 16.9 Å². The maximum absolute atomic E-state index is 13.4. The zero-order valence-electron chi connectivity index (χ0n) is 21.2. The molecule has 8 nitrogen and oxygen atoms in total. The molecule has 0 saturated carbocycles. The second-order valence-corrected chi connectivity index (χ2v) is 9.76. The van der Waals surface area contributed by atoms with Crippen LogP contribution in [0.15, 0.2) is 90.5 Å². The molecule has 4 aromatic rings. The Morgan fingerprint density at radius 1 is 1.00 bits per heavy atom. The van der Waals surface area contributed by atoms with Gasteiger partial charge in [-0.1, -0.05) is 84.1 Å². The number of esters is 1. The van der Waals surface area contributed by atoms with Gasteiger partial charge in [0.1, 0.15) is 23.0 Å². The highest BCUT2D eigenvalue weighted by Crippen LogP contribution is 2.44. The number of aliphatic hydroxyl groups excluding tert-OH is 1. The number of carbonyl (C=O) groups is 3. The number of methoxy groups -OCH3 is 1. The Morgan fingerprint density at radius 3 is 2.38 bits per heavy atom. The number of aromatic nitrogens is 1. The van der Waals surface area contributed by atoms with E-state index in [2.05, 4.69) is 4.98 Å². The number of ketones is 1. The van der Waals surface area contributed by atoms with Gasteiger partial charge in [0.2, 0.25) is 0 Å². The van der Waals surface area contributed by atoms with Crippen molar-refractivity contribution >= 4 is 39.9 Å². The molecule has 2 heterocycles. The summed E-state index contributed by atoms with van der Waals surface area (Å²) in [4.78, 5) is 45.0. The summed E-state index contributed by atoms with van der Waals surface area (Å²) in [5, 5.41) is 11.4.